The van der Waals surface area contributed by atoms with E-state index in [0.29, 0.717) is 17.4 Å². The molecule has 0 N–H and O–H groups in total. The molecule has 0 saturated carbocycles. The predicted octanol–water partition coefficient (Wildman–Crippen LogP) is 23.9. The molecule has 512 valence electrons. The van der Waals surface area contributed by atoms with Gasteiger partial charge < -0.3 is 27.9 Å². The van der Waals surface area contributed by atoms with E-state index in [-0.39, 0.29) is 32.0 Å². The van der Waals surface area contributed by atoms with Gasteiger partial charge in [-0.1, -0.05) is 330 Å². The largest absolute Gasteiger partial charge is 0.756 e. The number of ether oxygens (including phenoxy) is 2. The summed E-state index contributed by atoms with van der Waals surface area (Å²) in [7, 11) is 1.17. The van der Waals surface area contributed by atoms with E-state index in [1.807, 2.05) is 21.1 Å². The van der Waals surface area contributed by atoms with E-state index in [1.54, 1.807) is 0 Å². The summed E-state index contributed by atoms with van der Waals surface area (Å²) in [6.07, 6.45) is 94.0. The summed E-state index contributed by atoms with van der Waals surface area (Å²) in [5.74, 6) is -0.824. The van der Waals surface area contributed by atoms with Crippen LogP contribution in [0.5, 0.6) is 0 Å². The molecule has 0 aliphatic carbocycles. The summed E-state index contributed by atoms with van der Waals surface area (Å²) in [6.45, 7) is 4.16. The molecule has 0 aliphatic heterocycles. The van der Waals surface area contributed by atoms with Gasteiger partial charge in [-0.2, -0.15) is 0 Å². The summed E-state index contributed by atoms with van der Waals surface area (Å²) in [6, 6.07) is 0. The van der Waals surface area contributed by atoms with E-state index in [2.05, 4.69) is 98.9 Å². The van der Waals surface area contributed by atoms with Crippen LogP contribution in [0.15, 0.2) is 85.1 Å². The highest BCUT2D eigenvalue weighted by molar-refractivity contribution is 7.45. The number of rotatable bonds is 69. The Balaban J connectivity index is 3.95. The van der Waals surface area contributed by atoms with Crippen LogP contribution in [0.1, 0.15) is 348 Å². The Kier molecular flexibility index (Phi) is 66.4. The van der Waals surface area contributed by atoms with Crippen molar-refractivity contribution in [2.45, 2.75) is 354 Å². The minimum Gasteiger partial charge on any atom is -0.756 e. The molecular weight excluding hydrogens is 1110 g/mol. The number of likely N-dealkylation sites (N-methyl/N-ethyl adjacent to an activating group) is 1. The monoisotopic (exact) mass is 1250 g/mol. The van der Waals surface area contributed by atoms with Crippen LogP contribution in [0.2, 0.25) is 0 Å². The molecule has 0 spiro atoms. The van der Waals surface area contributed by atoms with Crippen LogP contribution in [-0.2, 0) is 32.7 Å². The lowest BCUT2D eigenvalue weighted by atomic mass is 10.0. The van der Waals surface area contributed by atoms with Crippen molar-refractivity contribution in [3.05, 3.63) is 85.1 Å². The predicted molar refractivity (Wildman–Crippen MR) is 379 cm³/mol. The summed E-state index contributed by atoms with van der Waals surface area (Å²) < 4.78 is 34.4. The van der Waals surface area contributed by atoms with Crippen LogP contribution in [0.4, 0.5) is 0 Å². The third-order valence-corrected chi connectivity index (χ3v) is 17.4. The number of quaternary nitrogens is 1. The standard InChI is InChI=1S/C78H142NO8P/c1-6-8-10-12-14-16-18-20-22-24-26-28-30-32-33-34-35-36-37-38-39-40-41-42-43-44-45-47-49-51-53-55-57-59-61-63-65-67-69-71-78(81)87-76(75-86-88(82,83)85-73-72-79(3,4)5)74-84-77(80)70-68-66-64-62-60-58-56-54-52-50-48-46-31-29-27-25-23-21-19-17-15-13-11-9-7-2/h8,10,14,16,19-22,25-28,31,46,76H,6-7,9,11-13,15,17-18,23-24,29-30,32-45,47-75H2,1-5H3/b10-8-,16-14-,21-19-,22-20-,27-25-,28-26-,46-31-. The maximum Gasteiger partial charge on any atom is 0.306 e. The van der Waals surface area contributed by atoms with Gasteiger partial charge in [-0.25, -0.2) is 0 Å². The SMILES string of the molecule is CC/C=C\C/C=C\C/C=C\C/C=C\CCCCCCCCCCCCCCCCCCCCCCCCCCCCC(=O)OC(COC(=O)CCCCCCCCCCCC/C=C\C/C=C\C/C=C\CCCCCCC)COP(=O)([O-])OCC[N+](C)(C)C. The van der Waals surface area contributed by atoms with Crippen LogP contribution in [0, 0.1) is 0 Å². The van der Waals surface area contributed by atoms with Gasteiger partial charge in [0, 0.05) is 12.8 Å². The summed E-state index contributed by atoms with van der Waals surface area (Å²) in [4.78, 5) is 38.1. The number of phosphoric ester groups is 1. The first-order valence-electron chi connectivity index (χ1n) is 37.3. The normalized spacial score (nSPS) is 13.6. The molecule has 9 nitrogen and oxygen atoms in total. The van der Waals surface area contributed by atoms with E-state index in [4.69, 9.17) is 18.5 Å². The van der Waals surface area contributed by atoms with Gasteiger partial charge in [0.15, 0.2) is 6.10 Å². The van der Waals surface area contributed by atoms with Crippen LogP contribution in [0.25, 0.3) is 0 Å². The molecule has 0 radical (unpaired) electrons. The van der Waals surface area contributed by atoms with Gasteiger partial charge in [-0.05, 0) is 89.9 Å². The maximum absolute atomic E-state index is 12.9. The van der Waals surface area contributed by atoms with Crippen LogP contribution in [0.3, 0.4) is 0 Å². The highest BCUT2D eigenvalue weighted by atomic mass is 31.2. The average molecular weight is 1250 g/mol. The fourth-order valence-electron chi connectivity index (χ4n) is 10.7. The van der Waals surface area contributed by atoms with Gasteiger partial charge in [0.05, 0.1) is 27.7 Å². The Hall–Kier alpha value is -2.81. The van der Waals surface area contributed by atoms with Crippen molar-refractivity contribution < 1.29 is 42.1 Å². The maximum atomic E-state index is 12.9. The molecule has 10 heteroatoms. The van der Waals surface area contributed by atoms with Crippen molar-refractivity contribution in [1.82, 2.24) is 0 Å². The zero-order valence-corrected chi connectivity index (χ0v) is 59.3. The lowest BCUT2D eigenvalue weighted by molar-refractivity contribution is -0.870. The zero-order valence-electron chi connectivity index (χ0n) is 58.4. The Morgan fingerprint density at radius 1 is 0.364 bits per heavy atom. The number of carbonyl (C=O) groups is 2. The number of nitrogens with zero attached hydrogens (tertiary/aromatic N) is 1. The molecule has 0 saturated heterocycles. The highest BCUT2D eigenvalue weighted by Gasteiger charge is 2.22. The lowest BCUT2D eigenvalue weighted by Crippen LogP contribution is -2.37. The van der Waals surface area contributed by atoms with Crippen molar-refractivity contribution in [2.75, 3.05) is 47.5 Å². The van der Waals surface area contributed by atoms with Crippen molar-refractivity contribution in [2.24, 2.45) is 0 Å². The van der Waals surface area contributed by atoms with E-state index in [9.17, 15) is 19.0 Å². The molecule has 0 amide bonds. The third kappa shape index (κ3) is 72.3. The Morgan fingerprint density at radius 2 is 0.648 bits per heavy atom. The van der Waals surface area contributed by atoms with Crippen LogP contribution in [-0.4, -0.2) is 70.0 Å². The van der Waals surface area contributed by atoms with Crippen molar-refractivity contribution in [3.63, 3.8) is 0 Å². The molecule has 0 aromatic carbocycles. The zero-order chi connectivity index (χ0) is 64.1. The molecule has 0 heterocycles. The highest BCUT2D eigenvalue weighted by Crippen LogP contribution is 2.38. The van der Waals surface area contributed by atoms with Gasteiger partial charge in [-0.3, -0.25) is 14.2 Å². The van der Waals surface area contributed by atoms with Crippen LogP contribution < -0.4 is 4.89 Å². The first kappa shape index (κ1) is 85.2. The molecule has 2 atom stereocenters. The fraction of sp³-hybridized carbons (Fsp3) is 0.795. The molecule has 0 aromatic heterocycles. The van der Waals surface area contributed by atoms with E-state index in [1.165, 1.54) is 244 Å². The number of esters is 2. The van der Waals surface area contributed by atoms with Crippen LogP contribution >= 0.6 is 7.82 Å². The molecule has 2 unspecified atom stereocenters. The minimum atomic E-state index is -4.65. The van der Waals surface area contributed by atoms with Crippen molar-refractivity contribution >= 4 is 19.8 Å². The molecule has 0 bridgehead atoms. The first-order chi connectivity index (χ1) is 43.0. The molecule has 0 aliphatic rings. The minimum absolute atomic E-state index is 0.0317. The first-order valence-corrected chi connectivity index (χ1v) is 38.8. The Labute approximate surface area is 545 Å². The lowest BCUT2D eigenvalue weighted by Gasteiger charge is -2.28. The summed E-state index contributed by atoms with van der Waals surface area (Å²) in [5.41, 5.74) is 0. The van der Waals surface area contributed by atoms with Gasteiger partial charge in [0.25, 0.3) is 7.82 Å². The van der Waals surface area contributed by atoms with E-state index < -0.39 is 26.5 Å². The Morgan fingerprint density at radius 3 is 0.966 bits per heavy atom. The van der Waals surface area contributed by atoms with Gasteiger partial charge in [0.2, 0.25) is 0 Å². The molecule has 0 fully saturated rings. The van der Waals surface area contributed by atoms with Crippen molar-refractivity contribution in [1.29, 1.82) is 0 Å². The number of carbonyl (C=O) groups excluding carboxylic acids is 2. The number of hydrogen-bond acceptors (Lipinski definition) is 8. The van der Waals surface area contributed by atoms with Gasteiger partial charge >= 0.3 is 11.9 Å². The van der Waals surface area contributed by atoms with E-state index >= 15 is 0 Å². The molecule has 88 heavy (non-hydrogen) atoms. The second-order valence-electron chi connectivity index (χ2n) is 26.3. The third-order valence-electron chi connectivity index (χ3n) is 16.4. The average Bonchev–Trinajstić information content (AvgIpc) is 3.68. The summed E-state index contributed by atoms with van der Waals surface area (Å²) >= 11 is 0. The smallest absolute Gasteiger partial charge is 0.306 e. The quantitative estimate of drug-likeness (QED) is 0.0195. The second kappa shape index (κ2) is 68.6. The Bertz CT molecular complexity index is 1760. The summed E-state index contributed by atoms with van der Waals surface area (Å²) in [5, 5.41) is 0. The molecule has 0 aromatic rings. The van der Waals surface area contributed by atoms with Gasteiger partial charge in [0.1, 0.15) is 19.8 Å². The fourth-order valence-corrected chi connectivity index (χ4v) is 11.4. The second-order valence-corrected chi connectivity index (χ2v) is 27.7. The number of phosphoric acid groups is 1. The molecule has 0 rings (SSSR count). The molecular formula is C78H142NO8P. The topological polar surface area (TPSA) is 111 Å². The van der Waals surface area contributed by atoms with Crippen molar-refractivity contribution in [3.8, 4) is 0 Å². The number of unbranched alkanes of at least 4 members (excludes halogenated alkanes) is 41. The van der Waals surface area contributed by atoms with Gasteiger partial charge in [-0.15, -0.1) is 0 Å². The number of hydrogen-bond donors (Lipinski definition) is 0. The van der Waals surface area contributed by atoms with E-state index in [0.717, 1.165) is 70.6 Å². The number of allylic oxidation sites excluding steroid dienone is 14.